The molecule has 1 fully saturated rings. The van der Waals surface area contributed by atoms with Gasteiger partial charge >= 0.3 is 5.76 Å². The van der Waals surface area contributed by atoms with Crippen LogP contribution in [0.2, 0.25) is 5.02 Å². The average molecular weight is 324 g/mol. The molecule has 1 unspecified atom stereocenters. The number of nitrogens with zero attached hydrogens (tertiary/aromatic N) is 2. The third-order valence-corrected chi connectivity index (χ3v) is 3.97. The molecule has 1 aromatic carbocycles. The molecule has 5 nitrogen and oxygen atoms in total. The van der Waals surface area contributed by atoms with Gasteiger partial charge in [0.2, 0.25) is 0 Å². The minimum absolute atomic E-state index is 0.196. The Morgan fingerprint density at radius 2 is 2.09 bits per heavy atom. The molecule has 0 spiro atoms. The molecule has 22 heavy (non-hydrogen) atoms. The van der Waals surface area contributed by atoms with Gasteiger partial charge in [-0.1, -0.05) is 11.6 Å². The second-order valence-electron chi connectivity index (χ2n) is 5.16. The van der Waals surface area contributed by atoms with Crippen LogP contribution in [-0.2, 0) is 0 Å². The number of hydrogen-bond donors (Lipinski definition) is 1. The molecule has 0 bridgehead atoms. The van der Waals surface area contributed by atoms with Gasteiger partial charge in [-0.2, -0.15) is 0 Å². The SMILES string of the molecule is O=c1[nH]c2c(Cl)ccc(-c3cnc(C4CC4(F)F)cn3)c2o1. The van der Waals surface area contributed by atoms with Crippen molar-refractivity contribution in [2.75, 3.05) is 0 Å². The quantitative estimate of drug-likeness (QED) is 0.785. The molecule has 1 atom stereocenters. The minimum Gasteiger partial charge on any atom is -0.407 e. The summed E-state index contributed by atoms with van der Waals surface area (Å²) in [6.07, 6.45) is 2.52. The zero-order valence-corrected chi connectivity index (χ0v) is 11.7. The number of aromatic amines is 1. The first-order valence-corrected chi connectivity index (χ1v) is 6.85. The van der Waals surface area contributed by atoms with E-state index >= 15 is 0 Å². The Kier molecular flexibility index (Phi) is 2.65. The number of nitrogens with one attached hydrogen (secondary N) is 1. The number of alkyl halides is 2. The second-order valence-corrected chi connectivity index (χ2v) is 5.57. The number of fused-ring (bicyclic) bond motifs is 1. The summed E-state index contributed by atoms with van der Waals surface area (Å²) >= 11 is 5.99. The first-order valence-electron chi connectivity index (χ1n) is 6.47. The lowest BCUT2D eigenvalue weighted by Crippen LogP contribution is -1.97. The van der Waals surface area contributed by atoms with Crippen molar-refractivity contribution < 1.29 is 13.2 Å². The van der Waals surface area contributed by atoms with Gasteiger partial charge in [0.1, 0.15) is 5.52 Å². The molecular weight excluding hydrogens is 316 g/mol. The highest BCUT2D eigenvalue weighted by atomic mass is 35.5. The van der Waals surface area contributed by atoms with E-state index in [1.807, 2.05) is 0 Å². The highest BCUT2D eigenvalue weighted by Crippen LogP contribution is 2.55. The van der Waals surface area contributed by atoms with Crippen LogP contribution in [0.15, 0.2) is 33.7 Å². The maximum absolute atomic E-state index is 13.0. The van der Waals surface area contributed by atoms with E-state index in [0.717, 1.165) is 0 Å². The summed E-state index contributed by atoms with van der Waals surface area (Å²) in [6, 6.07) is 3.23. The molecule has 4 rings (SSSR count). The van der Waals surface area contributed by atoms with Crippen LogP contribution in [0.5, 0.6) is 0 Å². The number of hydrogen-bond acceptors (Lipinski definition) is 4. The molecule has 3 aromatic rings. The van der Waals surface area contributed by atoms with Crippen molar-refractivity contribution in [3.8, 4) is 11.3 Å². The van der Waals surface area contributed by atoms with E-state index in [2.05, 4.69) is 15.0 Å². The fourth-order valence-corrected chi connectivity index (χ4v) is 2.59. The van der Waals surface area contributed by atoms with E-state index in [0.29, 0.717) is 21.8 Å². The number of oxazole rings is 1. The van der Waals surface area contributed by atoms with Gasteiger partial charge in [0.05, 0.1) is 28.5 Å². The van der Waals surface area contributed by atoms with E-state index in [1.165, 1.54) is 12.4 Å². The van der Waals surface area contributed by atoms with Crippen LogP contribution >= 0.6 is 11.6 Å². The molecule has 112 valence electrons. The van der Waals surface area contributed by atoms with Crippen molar-refractivity contribution in [1.82, 2.24) is 15.0 Å². The largest absolute Gasteiger partial charge is 0.417 e. The van der Waals surface area contributed by atoms with Gasteiger partial charge < -0.3 is 4.42 Å². The molecule has 0 radical (unpaired) electrons. The van der Waals surface area contributed by atoms with Crippen LogP contribution in [-0.4, -0.2) is 20.9 Å². The van der Waals surface area contributed by atoms with Crippen LogP contribution in [0.3, 0.4) is 0 Å². The van der Waals surface area contributed by atoms with E-state index in [-0.39, 0.29) is 17.7 Å². The van der Waals surface area contributed by atoms with Gasteiger partial charge in [0.25, 0.3) is 5.92 Å². The molecule has 0 aliphatic heterocycles. The summed E-state index contributed by atoms with van der Waals surface area (Å²) in [5, 5.41) is 0.340. The maximum Gasteiger partial charge on any atom is 0.417 e. The van der Waals surface area contributed by atoms with Crippen LogP contribution in [0.1, 0.15) is 18.0 Å². The summed E-state index contributed by atoms with van der Waals surface area (Å²) in [7, 11) is 0. The van der Waals surface area contributed by atoms with E-state index < -0.39 is 17.6 Å². The average Bonchev–Trinajstić information content (AvgIpc) is 2.93. The Hall–Kier alpha value is -2.28. The Bertz CT molecular complexity index is 933. The van der Waals surface area contributed by atoms with Crippen molar-refractivity contribution in [1.29, 1.82) is 0 Å². The monoisotopic (exact) mass is 323 g/mol. The molecule has 1 aliphatic carbocycles. The van der Waals surface area contributed by atoms with Crippen molar-refractivity contribution in [2.24, 2.45) is 0 Å². The highest BCUT2D eigenvalue weighted by molar-refractivity contribution is 6.35. The fraction of sp³-hybridized carbons (Fsp3) is 0.214. The van der Waals surface area contributed by atoms with Gasteiger partial charge in [-0.3, -0.25) is 15.0 Å². The van der Waals surface area contributed by atoms with Gasteiger partial charge in [0, 0.05) is 18.2 Å². The number of aromatic nitrogens is 3. The van der Waals surface area contributed by atoms with Crippen LogP contribution in [0, 0.1) is 0 Å². The Labute approximate surface area is 127 Å². The Morgan fingerprint density at radius 1 is 1.32 bits per heavy atom. The molecular formula is C14H8ClF2N3O2. The summed E-state index contributed by atoms with van der Waals surface area (Å²) in [4.78, 5) is 22.0. The molecule has 1 N–H and O–H groups in total. The molecule has 2 heterocycles. The van der Waals surface area contributed by atoms with Crippen molar-refractivity contribution in [3.05, 3.63) is 45.8 Å². The van der Waals surface area contributed by atoms with E-state index in [1.54, 1.807) is 12.1 Å². The number of halogens is 3. The Morgan fingerprint density at radius 3 is 2.73 bits per heavy atom. The molecule has 1 aliphatic rings. The molecule has 0 amide bonds. The van der Waals surface area contributed by atoms with Gasteiger partial charge in [-0.15, -0.1) is 0 Å². The number of rotatable bonds is 2. The number of benzene rings is 1. The zero-order valence-electron chi connectivity index (χ0n) is 10.9. The zero-order chi connectivity index (χ0) is 15.5. The molecule has 2 aromatic heterocycles. The van der Waals surface area contributed by atoms with Gasteiger partial charge in [0.15, 0.2) is 5.58 Å². The third kappa shape index (κ3) is 2.00. The third-order valence-electron chi connectivity index (χ3n) is 3.66. The fourth-order valence-electron chi connectivity index (χ4n) is 2.39. The standard InChI is InChI=1S/C14H8ClF2N3O2/c15-8-2-1-6(12-11(8)20-13(21)22-12)9-4-19-10(5-18-9)7-3-14(7,16)17/h1-2,4-5,7H,3H2,(H,20,21). The van der Waals surface area contributed by atoms with Crippen LogP contribution in [0.25, 0.3) is 22.4 Å². The van der Waals surface area contributed by atoms with Crippen LogP contribution in [0.4, 0.5) is 8.78 Å². The van der Waals surface area contributed by atoms with Crippen LogP contribution < -0.4 is 5.76 Å². The van der Waals surface area contributed by atoms with Crippen molar-refractivity contribution >= 4 is 22.7 Å². The lowest BCUT2D eigenvalue weighted by molar-refractivity contribution is 0.111. The van der Waals surface area contributed by atoms with E-state index in [4.69, 9.17) is 16.0 Å². The first kappa shape index (κ1) is 13.4. The highest BCUT2D eigenvalue weighted by Gasteiger charge is 2.58. The van der Waals surface area contributed by atoms with Crippen molar-refractivity contribution in [3.63, 3.8) is 0 Å². The lowest BCUT2D eigenvalue weighted by atomic mass is 10.1. The predicted molar refractivity (Wildman–Crippen MR) is 75.2 cm³/mol. The van der Waals surface area contributed by atoms with E-state index in [9.17, 15) is 13.6 Å². The normalized spacial score (nSPS) is 19.5. The second kappa shape index (κ2) is 4.36. The lowest BCUT2D eigenvalue weighted by Gasteiger charge is -2.03. The van der Waals surface area contributed by atoms with Gasteiger partial charge in [-0.05, 0) is 12.1 Å². The summed E-state index contributed by atoms with van der Waals surface area (Å²) in [5.41, 5.74) is 1.81. The maximum atomic E-state index is 13.0. The van der Waals surface area contributed by atoms with Gasteiger partial charge in [-0.25, -0.2) is 13.6 Å². The van der Waals surface area contributed by atoms with Crippen molar-refractivity contribution in [2.45, 2.75) is 18.3 Å². The number of H-pyrrole nitrogens is 1. The summed E-state index contributed by atoms with van der Waals surface area (Å²) < 4.78 is 31.1. The Balaban J connectivity index is 1.79. The summed E-state index contributed by atoms with van der Waals surface area (Å²) in [6.45, 7) is 0. The first-order chi connectivity index (χ1) is 10.5. The molecule has 8 heteroatoms. The minimum atomic E-state index is -2.68. The molecule has 0 saturated heterocycles. The topological polar surface area (TPSA) is 71.8 Å². The summed E-state index contributed by atoms with van der Waals surface area (Å²) in [5.74, 6) is -4.17. The smallest absolute Gasteiger partial charge is 0.407 e. The molecule has 1 saturated carbocycles. The predicted octanol–water partition coefficient (Wildman–Crippen LogP) is 3.35.